The molecule has 1 saturated carbocycles. The van der Waals surface area contributed by atoms with Crippen LogP contribution >= 0.6 is 0 Å². The molecule has 0 amide bonds. The Bertz CT molecular complexity index is 1340. The van der Waals surface area contributed by atoms with Gasteiger partial charge < -0.3 is 14.4 Å². The molecule has 5 rings (SSSR count). The van der Waals surface area contributed by atoms with E-state index in [4.69, 9.17) is 9.72 Å². The summed E-state index contributed by atoms with van der Waals surface area (Å²) >= 11 is 0. The number of carboxylic acid groups (broad SMARTS) is 1. The van der Waals surface area contributed by atoms with Crippen LogP contribution in [0.4, 0.5) is 0 Å². The largest absolute Gasteiger partial charge is 0.487 e. The molecule has 1 aliphatic rings. The van der Waals surface area contributed by atoms with Gasteiger partial charge in [-0.1, -0.05) is 48.7 Å². The van der Waals surface area contributed by atoms with Gasteiger partial charge in [-0.15, -0.1) is 0 Å². The first-order valence-corrected chi connectivity index (χ1v) is 12.3. The molecule has 2 atom stereocenters. The van der Waals surface area contributed by atoms with Gasteiger partial charge in [0, 0.05) is 24.7 Å². The third kappa shape index (κ3) is 5.06. The van der Waals surface area contributed by atoms with Crippen molar-refractivity contribution in [3.05, 3.63) is 89.0 Å². The minimum atomic E-state index is -0.724. The van der Waals surface area contributed by atoms with E-state index >= 15 is 0 Å². The quantitative estimate of drug-likeness (QED) is 0.357. The summed E-state index contributed by atoms with van der Waals surface area (Å²) in [5, 5.41) is 9.94. The molecule has 2 aromatic carbocycles. The Morgan fingerprint density at radius 1 is 1.06 bits per heavy atom. The van der Waals surface area contributed by atoms with Crippen molar-refractivity contribution in [1.29, 1.82) is 0 Å². The van der Waals surface area contributed by atoms with E-state index in [0.29, 0.717) is 19.6 Å². The van der Waals surface area contributed by atoms with Crippen LogP contribution in [-0.2, 0) is 17.9 Å². The molecule has 2 heterocycles. The molecule has 1 N–H and O–H groups in total. The molecule has 35 heavy (non-hydrogen) atoms. The first-order valence-electron chi connectivity index (χ1n) is 12.3. The highest BCUT2D eigenvalue weighted by atomic mass is 16.5. The standard InChI is InChI=1S/C29H31N3O3/c1-19-6-5-7-21(14-19)17-32-27-15-23(35-18-22-11-10-20(2)16-30-22)12-13-26(27)31-28(32)24-8-3-4-9-25(24)29(33)34/h5-7,10-16,24-25H,3-4,8-9,17-18H2,1-2H3,(H,33,34). The van der Waals surface area contributed by atoms with Gasteiger partial charge in [0.2, 0.25) is 0 Å². The first kappa shape index (κ1) is 23.1. The molecular formula is C29H31N3O3. The number of hydrogen-bond acceptors (Lipinski definition) is 4. The molecule has 0 spiro atoms. The summed E-state index contributed by atoms with van der Waals surface area (Å²) in [7, 11) is 0. The van der Waals surface area contributed by atoms with Gasteiger partial charge in [0.05, 0.1) is 22.6 Å². The lowest BCUT2D eigenvalue weighted by Crippen LogP contribution is -2.27. The van der Waals surface area contributed by atoms with Crippen LogP contribution in [-0.4, -0.2) is 25.6 Å². The average molecular weight is 470 g/mol. The van der Waals surface area contributed by atoms with E-state index in [1.165, 1.54) is 11.1 Å². The first-order chi connectivity index (χ1) is 17.0. The van der Waals surface area contributed by atoms with Gasteiger partial charge in [-0.25, -0.2) is 4.98 Å². The minimum Gasteiger partial charge on any atom is -0.487 e. The van der Waals surface area contributed by atoms with Crippen LogP contribution in [0.2, 0.25) is 0 Å². The molecule has 0 saturated heterocycles. The van der Waals surface area contributed by atoms with E-state index in [0.717, 1.165) is 53.1 Å². The molecule has 0 bridgehead atoms. The van der Waals surface area contributed by atoms with Crippen LogP contribution in [0.25, 0.3) is 11.0 Å². The summed E-state index contributed by atoms with van der Waals surface area (Å²) in [4.78, 5) is 21.5. The second-order valence-electron chi connectivity index (χ2n) is 9.65. The summed E-state index contributed by atoms with van der Waals surface area (Å²) < 4.78 is 8.28. The number of rotatable bonds is 7. The molecule has 180 valence electrons. The van der Waals surface area contributed by atoms with Crippen molar-refractivity contribution in [1.82, 2.24) is 14.5 Å². The molecule has 6 nitrogen and oxygen atoms in total. The van der Waals surface area contributed by atoms with Gasteiger partial charge in [-0.05, 0) is 56.0 Å². The fraction of sp³-hybridized carbons (Fsp3) is 0.345. The number of ether oxygens (including phenoxy) is 1. The number of carbonyl (C=O) groups is 1. The molecule has 1 aliphatic carbocycles. The summed E-state index contributed by atoms with van der Waals surface area (Å²) in [6.07, 6.45) is 5.37. The smallest absolute Gasteiger partial charge is 0.307 e. The van der Waals surface area contributed by atoms with Crippen molar-refractivity contribution in [3.63, 3.8) is 0 Å². The van der Waals surface area contributed by atoms with Gasteiger partial charge in [0.1, 0.15) is 18.2 Å². The predicted octanol–water partition coefficient (Wildman–Crippen LogP) is 6.03. The van der Waals surface area contributed by atoms with E-state index in [1.807, 2.05) is 43.5 Å². The van der Waals surface area contributed by atoms with Gasteiger partial charge >= 0.3 is 5.97 Å². The molecule has 0 radical (unpaired) electrons. The fourth-order valence-electron chi connectivity index (χ4n) is 5.13. The Morgan fingerprint density at radius 2 is 1.91 bits per heavy atom. The lowest BCUT2D eigenvalue weighted by Gasteiger charge is -2.28. The maximum atomic E-state index is 12.1. The molecule has 0 aliphatic heterocycles. The molecular weight excluding hydrogens is 438 g/mol. The van der Waals surface area contributed by atoms with Crippen LogP contribution in [0.15, 0.2) is 60.8 Å². The number of carboxylic acids is 1. The third-order valence-electron chi connectivity index (χ3n) is 6.95. The number of aryl methyl sites for hydroxylation is 2. The van der Waals surface area contributed by atoms with Gasteiger partial charge in [0.15, 0.2) is 0 Å². The number of aliphatic carboxylic acids is 1. The molecule has 2 aromatic heterocycles. The highest BCUT2D eigenvalue weighted by Crippen LogP contribution is 2.39. The lowest BCUT2D eigenvalue weighted by molar-refractivity contribution is -0.143. The summed E-state index contributed by atoms with van der Waals surface area (Å²) in [5.74, 6) is 0.388. The number of aromatic nitrogens is 3. The SMILES string of the molecule is Cc1ccc(COc2ccc3nc(C4CCCCC4C(=O)O)n(Cc4cccc(C)c4)c3c2)nc1. The number of pyridine rings is 1. The molecule has 4 aromatic rings. The van der Waals surface area contributed by atoms with Gasteiger partial charge in [0.25, 0.3) is 0 Å². The third-order valence-corrected chi connectivity index (χ3v) is 6.95. The van der Waals surface area contributed by atoms with Crippen molar-refractivity contribution < 1.29 is 14.6 Å². The number of hydrogen-bond donors (Lipinski definition) is 1. The van der Waals surface area contributed by atoms with Gasteiger partial charge in [-0.3, -0.25) is 9.78 Å². The lowest BCUT2D eigenvalue weighted by atomic mass is 9.78. The monoisotopic (exact) mass is 469 g/mol. The summed E-state index contributed by atoms with van der Waals surface area (Å²) in [5.41, 5.74) is 6.18. The van der Waals surface area contributed by atoms with Gasteiger partial charge in [-0.2, -0.15) is 0 Å². The van der Waals surface area contributed by atoms with E-state index in [-0.39, 0.29) is 5.92 Å². The van der Waals surface area contributed by atoms with Crippen LogP contribution in [0.3, 0.4) is 0 Å². The molecule has 1 fully saturated rings. The second kappa shape index (κ2) is 9.90. The number of imidazole rings is 1. The van der Waals surface area contributed by atoms with Crippen LogP contribution in [0.5, 0.6) is 5.75 Å². The van der Waals surface area contributed by atoms with Crippen molar-refractivity contribution in [2.24, 2.45) is 5.92 Å². The number of benzene rings is 2. The van der Waals surface area contributed by atoms with Crippen molar-refractivity contribution in [2.75, 3.05) is 0 Å². The van der Waals surface area contributed by atoms with Crippen molar-refractivity contribution in [3.8, 4) is 5.75 Å². The number of nitrogens with zero attached hydrogens (tertiary/aromatic N) is 3. The van der Waals surface area contributed by atoms with E-state index in [1.54, 1.807) is 0 Å². The fourth-order valence-corrected chi connectivity index (χ4v) is 5.13. The average Bonchev–Trinajstić information content (AvgIpc) is 3.21. The van der Waals surface area contributed by atoms with E-state index in [9.17, 15) is 9.90 Å². The highest BCUT2D eigenvalue weighted by Gasteiger charge is 2.35. The number of fused-ring (bicyclic) bond motifs is 1. The topological polar surface area (TPSA) is 77.2 Å². The predicted molar refractivity (Wildman–Crippen MR) is 136 cm³/mol. The van der Waals surface area contributed by atoms with E-state index < -0.39 is 11.9 Å². The molecule has 2 unspecified atom stereocenters. The van der Waals surface area contributed by atoms with Crippen LogP contribution in [0.1, 0.15) is 59.8 Å². The Morgan fingerprint density at radius 3 is 2.69 bits per heavy atom. The zero-order valence-electron chi connectivity index (χ0n) is 20.3. The Hall–Kier alpha value is -3.67. The molecule has 6 heteroatoms. The minimum absolute atomic E-state index is 0.0976. The normalized spacial score (nSPS) is 18.0. The van der Waals surface area contributed by atoms with Crippen molar-refractivity contribution in [2.45, 2.75) is 58.6 Å². The summed E-state index contributed by atoms with van der Waals surface area (Å²) in [6, 6.07) is 18.4. The zero-order valence-corrected chi connectivity index (χ0v) is 20.3. The van der Waals surface area contributed by atoms with E-state index in [2.05, 4.69) is 40.7 Å². The van der Waals surface area contributed by atoms with Crippen LogP contribution < -0.4 is 4.74 Å². The maximum Gasteiger partial charge on any atom is 0.307 e. The summed E-state index contributed by atoms with van der Waals surface area (Å²) in [6.45, 7) is 5.12. The second-order valence-corrected chi connectivity index (χ2v) is 9.65. The Kier molecular flexibility index (Phi) is 6.53. The maximum absolute atomic E-state index is 12.1. The highest BCUT2D eigenvalue weighted by molar-refractivity contribution is 5.79. The Balaban J connectivity index is 1.53. The zero-order chi connectivity index (χ0) is 24.4. The Labute approximate surface area is 205 Å². The van der Waals surface area contributed by atoms with Crippen molar-refractivity contribution >= 4 is 17.0 Å². The van der Waals surface area contributed by atoms with Crippen LogP contribution in [0, 0.1) is 19.8 Å².